The number of amides is 1. The highest BCUT2D eigenvalue weighted by atomic mass is 16.5. The molecule has 0 saturated carbocycles. The highest BCUT2D eigenvalue weighted by molar-refractivity contribution is 5.89. The molecule has 0 radical (unpaired) electrons. The first-order valence-electron chi connectivity index (χ1n) is 7.25. The molecule has 1 heterocycles. The first-order valence-corrected chi connectivity index (χ1v) is 7.25. The van der Waals surface area contributed by atoms with E-state index in [-0.39, 0.29) is 29.1 Å². The number of carbonyl (C=O) groups excluding carboxylic acids is 2. The molecule has 1 aromatic rings. The van der Waals surface area contributed by atoms with Crippen molar-refractivity contribution in [3.05, 3.63) is 35.9 Å². The first-order chi connectivity index (χ1) is 9.84. The van der Waals surface area contributed by atoms with E-state index < -0.39 is 0 Å². The van der Waals surface area contributed by atoms with Crippen LogP contribution in [0.15, 0.2) is 30.3 Å². The van der Waals surface area contributed by atoms with E-state index in [2.05, 4.69) is 0 Å². The quantitative estimate of drug-likeness (QED) is 0.803. The highest BCUT2D eigenvalue weighted by Gasteiger charge is 2.50. The van der Waals surface area contributed by atoms with E-state index in [0.717, 1.165) is 5.56 Å². The van der Waals surface area contributed by atoms with E-state index in [4.69, 9.17) is 4.74 Å². The second-order valence-electron chi connectivity index (χ2n) is 6.68. The molecule has 4 heteroatoms. The first kappa shape index (κ1) is 15.5. The van der Waals surface area contributed by atoms with Crippen LogP contribution in [0.25, 0.3) is 0 Å². The van der Waals surface area contributed by atoms with Crippen LogP contribution in [0.5, 0.6) is 0 Å². The monoisotopic (exact) mass is 289 g/mol. The Hall–Kier alpha value is -1.84. The van der Waals surface area contributed by atoms with Crippen LogP contribution in [-0.2, 0) is 20.9 Å². The number of likely N-dealkylation sites (tertiary alicyclic amines) is 1. The van der Waals surface area contributed by atoms with Crippen LogP contribution in [0.4, 0.5) is 0 Å². The van der Waals surface area contributed by atoms with Crippen molar-refractivity contribution >= 4 is 11.9 Å². The number of rotatable bonds is 3. The number of esters is 1. The Morgan fingerprint density at radius 1 is 1.29 bits per heavy atom. The van der Waals surface area contributed by atoms with Gasteiger partial charge in [0.15, 0.2) is 0 Å². The Morgan fingerprint density at radius 2 is 1.90 bits per heavy atom. The molecule has 0 aliphatic carbocycles. The predicted molar refractivity (Wildman–Crippen MR) is 80.3 cm³/mol. The lowest BCUT2D eigenvalue weighted by Gasteiger charge is -2.28. The number of benzene rings is 1. The minimum atomic E-state index is -0.383. The summed E-state index contributed by atoms with van der Waals surface area (Å²) < 4.78 is 4.89. The van der Waals surface area contributed by atoms with E-state index in [1.165, 1.54) is 7.11 Å². The van der Waals surface area contributed by atoms with Gasteiger partial charge in [-0.2, -0.15) is 0 Å². The maximum absolute atomic E-state index is 12.7. The van der Waals surface area contributed by atoms with Crippen molar-refractivity contribution in [3.8, 4) is 0 Å². The van der Waals surface area contributed by atoms with E-state index in [9.17, 15) is 9.59 Å². The fourth-order valence-corrected chi connectivity index (χ4v) is 3.08. The van der Waals surface area contributed by atoms with Crippen LogP contribution in [0.1, 0.15) is 26.3 Å². The molecule has 0 bridgehead atoms. The second-order valence-corrected chi connectivity index (χ2v) is 6.68. The number of carbonyl (C=O) groups is 2. The van der Waals surface area contributed by atoms with Gasteiger partial charge < -0.3 is 9.64 Å². The average molecular weight is 289 g/mol. The standard InChI is InChI=1S/C17H23NO3/c1-17(2,3)14-13(16(20)21-4)11-18(15(14)19)10-12-8-6-5-7-9-12/h5-9,13-14H,10-11H2,1-4H3/t13-,14+/m0/s1. The molecule has 1 aliphatic rings. The van der Waals surface area contributed by atoms with Gasteiger partial charge in [-0.1, -0.05) is 51.1 Å². The summed E-state index contributed by atoms with van der Waals surface area (Å²) in [7, 11) is 1.38. The molecule has 0 aromatic heterocycles. The fraction of sp³-hybridized carbons (Fsp3) is 0.529. The van der Waals surface area contributed by atoms with E-state index in [0.29, 0.717) is 13.1 Å². The normalized spacial score (nSPS) is 22.5. The van der Waals surface area contributed by atoms with Crippen LogP contribution in [0.3, 0.4) is 0 Å². The molecule has 0 spiro atoms. The van der Waals surface area contributed by atoms with Gasteiger partial charge in [0.1, 0.15) is 0 Å². The van der Waals surface area contributed by atoms with Crippen molar-refractivity contribution in [2.45, 2.75) is 27.3 Å². The summed E-state index contributed by atoms with van der Waals surface area (Å²) in [5.41, 5.74) is 0.811. The largest absolute Gasteiger partial charge is 0.469 e. The lowest BCUT2D eigenvalue weighted by Crippen LogP contribution is -2.35. The van der Waals surface area contributed by atoms with Gasteiger partial charge in [-0.3, -0.25) is 9.59 Å². The molecule has 4 nitrogen and oxygen atoms in total. The van der Waals surface area contributed by atoms with Crippen molar-refractivity contribution in [2.24, 2.45) is 17.3 Å². The van der Waals surface area contributed by atoms with E-state index >= 15 is 0 Å². The zero-order chi connectivity index (χ0) is 15.6. The number of ether oxygens (including phenoxy) is 1. The average Bonchev–Trinajstić information content (AvgIpc) is 2.76. The van der Waals surface area contributed by atoms with Gasteiger partial charge in [0.25, 0.3) is 0 Å². The smallest absolute Gasteiger partial charge is 0.311 e. The highest BCUT2D eigenvalue weighted by Crippen LogP contribution is 2.39. The Labute approximate surface area is 126 Å². The van der Waals surface area contributed by atoms with Gasteiger partial charge in [-0.25, -0.2) is 0 Å². The molecule has 2 atom stereocenters. The van der Waals surface area contributed by atoms with Gasteiger partial charge in [0.2, 0.25) is 5.91 Å². The minimum Gasteiger partial charge on any atom is -0.469 e. The molecular formula is C17H23NO3. The Bertz CT molecular complexity index is 519. The molecule has 0 N–H and O–H groups in total. The minimum absolute atomic E-state index is 0.0433. The number of hydrogen-bond acceptors (Lipinski definition) is 3. The van der Waals surface area contributed by atoms with Crippen LogP contribution >= 0.6 is 0 Å². The number of hydrogen-bond donors (Lipinski definition) is 0. The summed E-state index contributed by atoms with van der Waals surface area (Å²) in [4.78, 5) is 26.5. The molecule has 21 heavy (non-hydrogen) atoms. The third-order valence-corrected chi connectivity index (χ3v) is 4.05. The van der Waals surface area contributed by atoms with Crippen molar-refractivity contribution < 1.29 is 14.3 Å². The SMILES string of the molecule is COC(=O)[C@H]1CN(Cc2ccccc2)C(=O)[C@@H]1C(C)(C)C. The van der Waals surface area contributed by atoms with Crippen molar-refractivity contribution in [1.82, 2.24) is 4.90 Å². The maximum atomic E-state index is 12.7. The molecule has 0 unspecified atom stereocenters. The van der Waals surface area contributed by atoms with Crippen LogP contribution < -0.4 is 0 Å². The van der Waals surface area contributed by atoms with Gasteiger partial charge in [-0.15, -0.1) is 0 Å². The van der Waals surface area contributed by atoms with E-state index in [1.54, 1.807) is 4.90 Å². The van der Waals surface area contributed by atoms with Gasteiger partial charge >= 0.3 is 5.97 Å². The second kappa shape index (κ2) is 5.88. The lowest BCUT2D eigenvalue weighted by atomic mass is 9.74. The molecule has 1 saturated heterocycles. The predicted octanol–water partition coefficient (Wildman–Crippen LogP) is 2.48. The fourth-order valence-electron chi connectivity index (χ4n) is 3.08. The zero-order valence-electron chi connectivity index (χ0n) is 13.1. The molecule has 114 valence electrons. The Morgan fingerprint density at radius 3 is 2.43 bits per heavy atom. The Balaban J connectivity index is 2.22. The number of methoxy groups -OCH3 is 1. The summed E-state index contributed by atoms with van der Waals surface area (Å²) in [5.74, 6) is -0.958. The molecule has 2 rings (SSSR count). The van der Waals surface area contributed by atoms with Gasteiger partial charge in [0, 0.05) is 13.1 Å². The van der Waals surface area contributed by atoms with Crippen LogP contribution in [0, 0.1) is 17.3 Å². The van der Waals surface area contributed by atoms with Gasteiger partial charge in [-0.05, 0) is 11.0 Å². The summed E-state index contributed by atoms with van der Waals surface area (Å²) in [5, 5.41) is 0. The molecular weight excluding hydrogens is 266 g/mol. The third-order valence-electron chi connectivity index (χ3n) is 4.05. The summed E-state index contributed by atoms with van der Waals surface area (Å²) in [6, 6.07) is 9.84. The Kier molecular flexibility index (Phi) is 4.35. The maximum Gasteiger partial charge on any atom is 0.311 e. The van der Waals surface area contributed by atoms with Crippen molar-refractivity contribution in [3.63, 3.8) is 0 Å². The van der Waals surface area contributed by atoms with E-state index in [1.807, 2.05) is 51.1 Å². The molecule has 1 aliphatic heterocycles. The molecule has 1 aromatic carbocycles. The van der Waals surface area contributed by atoms with Crippen molar-refractivity contribution in [2.75, 3.05) is 13.7 Å². The lowest BCUT2D eigenvalue weighted by molar-refractivity contribution is -0.149. The van der Waals surface area contributed by atoms with Crippen LogP contribution in [0.2, 0.25) is 0 Å². The zero-order valence-corrected chi connectivity index (χ0v) is 13.1. The third kappa shape index (κ3) is 3.26. The van der Waals surface area contributed by atoms with Crippen LogP contribution in [-0.4, -0.2) is 30.4 Å². The molecule has 1 fully saturated rings. The van der Waals surface area contributed by atoms with Crippen molar-refractivity contribution in [1.29, 1.82) is 0 Å². The summed E-state index contributed by atoms with van der Waals surface area (Å²) in [6.07, 6.45) is 0. The summed E-state index contributed by atoms with van der Waals surface area (Å²) in [6.45, 7) is 6.97. The number of nitrogens with zero attached hydrogens (tertiary/aromatic N) is 1. The topological polar surface area (TPSA) is 46.6 Å². The molecule has 1 amide bonds. The van der Waals surface area contributed by atoms with Gasteiger partial charge in [0.05, 0.1) is 18.9 Å². The summed E-state index contributed by atoms with van der Waals surface area (Å²) >= 11 is 0.